The molecule has 0 spiro atoms. The Labute approximate surface area is 143 Å². The molecule has 2 aromatic carbocycles. The number of imide groups is 1. The fraction of sp³-hybridized carbons (Fsp3) is 0.222. The van der Waals surface area contributed by atoms with Crippen LogP contribution in [0.15, 0.2) is 53.0 Å². The molecule has 1 atom stereocenters. The average Bonchev–Trinajstić information content (AvgIpc) is 2.83. The standard InChI is InChI=1S/C18H17BrN2O2/c1-2-12-3-7-14(8-4-12)20-16-11-17(22)21(18(16)23)15-9-5-13(19)6-10-15/h3-10,16,20H,2,11H2,1H3/t16-/m0/s1. The van der Waals surface area contributed by atoms with Gasteiger partial charge in [-0.3, -0.25) is 9.59 Å². The Balaban J connectivity index is 1.76. The first-order chi connectivity index (χ1) is 11.1. The number of benzene rings is 2. The highest BCUT2D eigenvalue weighted by Gasteiger charge is 2.39. The number of rotatable bonds is 4. The molecule has 0 unspecified atom stereocenters. The number of carbonyl (C=O) groups excluding carboxylic acids is 2. The summed E-state index contributed by atoms with van der Waals surface area (Å²) in [5.74, 6) is -0.392. The van der Waals surface area contributed by atoms with E-state index in [1.165, 1.54) is 10.5 Å². The van der Waals surface area contributed by atoms with Gasteiger partial charge in [0.15, 0.2) is 0 Å². The predicted molar refractivity (Wildman–Crippen MR) is 94.5 cm³/mol. The number of amides is 2. The summed E-state index contributed by atoms with van der Waals surface area (Å²) in [6.07, 6.45) is 1.14. The molecule has 4 nitrogen and oxygen atoms in total. The van der Waals surface area contributed by atoms with Gasteiger partial charge in [0.25, 0.3) is 5.91 Å². The number of carbonyl (C=O) groups is 2. The molecule has 1 aliphatic heterocycles. The van der Waals surface area contributed by atoms with Gasteiger partial charge in [-0.1, -0.05) is 35.0 Å². The van der Waals surface area contributed by atoms with Crippen molar-refractivity contribution in [2.45, 2.75) is 25.8 Å². The SMILES string of the molecule is CCc1ccc(N[C@H]2CC(=O)N(c3ccc(Br)cc3)C2=O)cc1. The van der Waals surface area contributed by atoms with Crippen molar-refractivity contribution < 1.29 is 9.59 Å². The first-order valence-corrected chi connectivity index (χ1v) is 8.35. The highest BCUT2D eigenvalue weighted by Crippen LogP contribution is 2.26. The predicted octanol–water partition coefficient (Wildman–Crippen LogP) is 3.76. The van der Waals surface area contributed by atoms with Crippen LogP contribution in [0.3, 0.4) is 0 Å². The zero-order chi connectivity index (χ0) is 16.4. The number of nitrogens with zero attached hydrogens (tertiary/aromatic N) is 1. The lowest BCUT2D eigenvalue weighted by Crippen LogP contribution is -2.34. The minimum absolute atomic E-state index is 0.171. The summed E-state index contributed by atoms with van der Waals surface area (Å²) in [7, 11) is 0. The monoisotopic (exact) mass is 372 g/mol. The minimum atomic E-state index is -0.515. The van der Waals surface area contributed by atoms with Gasteiger partial charge in [-0.05, 0) is 48.4 Å². The summed E-state index contributed by atoms with van der Waals surface area (Å²) < 4.78 is 0.908. The summed E-state index contributed by atoms with van der Waals surface area (Å²) in [5, 5.41) is 3.16. The van der Waals surface area contributed by atoms with E-state index in [0.717, 1.165) is 16.6 Å². The molecule has 1 saturated heterocycles. The summed E-state index contributed by atoms with van der Waals surface area (Å²) in [5.41, 5.74) is 2.70. The maximum absolute atomic E-state index is 12.6. The van der Waals surface area contributed by atoms with Gasteiger partial charge in [-0.25, -0.2) is 4.90 Å². The van der Waals surface area contributed by atoms with Crippen molar-refractivity contribution >= 4 is 39.1 Å². The van der Waals surface area contributed by atoms with Crippen LogP contribution in [0.2, 0.25) is 0 Å². The highest BCUT2D eigenvalue weighted by atomic mass is 79.9. The normalized spacial score (nSPS) is 17.7. The molecule has 0 aromatic heterocycles. The molecule has 5 heteroatoms. The molecular weight excluding hydrogens is 356 g/mol. The van der Waals surface area contributed by atoms with Crippen LogP contribution in [0.4, 0.5) is 11.4 Å². The smallest absolute Gasteiger partial charge is 0.256 e. The van der Waals surface area contributed by atoms with Gasteiger partial charge < -0.3 is 5.32 Å². The number of aryl methyl sites for hydroxylation is 1. The molecule has 0 aliphatic carbocycles. The molecule has 1 aliphatic rings. The van der Waals surface area contributed by atoms with Crippen molar-refractivity contribution in [3.8, 4) is 0 Å². The largest absolute Gasteiger partial charge is 0.373 e. The number of anilines is 2. The number of halogens is 1. The van der Waals surface area contributed by atoms with Crippen LogP contribution in [0.5, 0.6) is 0 Å². The fourth-order valence-corrected chi connectivity index (χ4v) is 2.91. The topological polar surface area (TPSA) is 49.4 Å². The summed E-state index contributed by atoms with van der Waals surface area (Å²) >= 11 is 3.35. The maximum atomic E-state index is 12.6. The number of hydrogen-bond acceptors (Lipinski definition) is 3. The van der Waals surface area contributed by atoms with Crippen LogP contribution in [0.25, 0.3) is 0 Å². The lowest BCUT2D eigenvalue weighted by atomic mass is 10.1. The molecule has 1 N–H and O–H groups in total. The van der Waals surface area contributed by atoms with Crippen molar-refractivity contribution in [3.63, 3.8) is 0 Å². The van der Waals surface area contributed by atoms with Crippen LogP contribution in [-0.2, 0) is 16.0 Å². The summed E-state index contributed by atoms with van der Waals surface area (Å²) in [6.45, 7) is 2.09. The second kappa shape index (κ2) is 6.54. The molecule has 118 valence electrons. The quantitative estimate of drug-likeness (QED) is 0.831. The van der Waals surface area contributed by atoms with E-state index in [1.807, 2.05) is 36.4 Å². The van der Waals surface area contributed by atoms with Crippen LogP contribution >= 0.6 is 15.9 Å². The van der Waals surface area contributed by atoms with Crippen LogP contribution < -0.4 is 10.2 Å². The average molecular weight is 373 g/mol. The first kappa shape index (κ1) is 15.7. The Morgan fingerprint density at radius 1 is 1.09 bits per heavy atom. The minimum Gasteiger partial charge on any atom is -0.373 e. The van der Waals surface area contributed by atoms with Gasteiger partial charge in [0.05, 0.1) is 12.1 Å². The summed E-state index contributed by atoms with van der Waals surface area (Å²) in [4.78, 5) is 26.0. The Morgan fingerprint density at radius 2 is 1.74 bits per heavy atom. The Morgan fingerprint density at radius 3 is 2.35 bits per heavy atom. The van der Waals surface area contributed by atoms with Crippen LogP contribution in [0.1, 0.15) is 18.9 Å². The zero-order valence-electron chi connectivity index (χ0n) is 12.8. The van der Waals surface area contributed by atoms with Crippen molar-refractivity contribution in [1.82, 2.24) is 0 Å². The maximum Gasteiger partial charge on any atom is 0.256 e. The molecule has 1 fully saturated rings. The van der Waals surface area contributed by atoms with Gasteiger partial charge in [0.2, 0.25) is 5.91 Å². The first-order valence-electron chi connectivity index (χ1n) is 7.56. The molecule has 3 rings (SSSR count). The summed E-state index contributed by atoms with van der Waals surface area (Å²) in [6, 6.07) is 14.6. The second-order valence-electron chi connectivity index (χ2n) is 5.50. The van der Waals surface area contributed by atoms with Crippen molar-refractivity contribution in [3.05, 3.63) is 58.6 Å². The van der Waals surface area contributed by atoms with Gasteiger partial charge in [0.1, 0.15) is 6.04 Å². The highest BCUT2D eigenvalue weighted by molar-refractivity contribution is 9.10. The van der Waals surface area contributed by atoms with E-state index < -0.39 is 6.04 Å². The fourth-order valence-electron chi connectivity index (χ4n) is 2.64. The van der Waals surface area contributed by atoms with Crippen molar-refractivity contribution in [2.24, 2.45) is 0 Å². The molecule has 2 aromatic rings. The van der Waals surface area contributed by atoms with E-state index in [1.54, 1.807) is 12.1 Å². The molecule has 0 bridgehead atoms. The Bertz CT molecular complexity index is 726. The van der Waals surface area contributed by atoms with Gasteiger partial charge in [0, 0.05) is 10.2 Å². The Kier molecular flexibility index (Phi) is 4.48. The molecule has 0 saturated carbocycles. The third-order valence-corrected chi connectivity index (χ3v) is 4.46. The van der Waals surface area contributed by atoms with Crippen LogP contribution in [-0.4, -0.2) is 17.9 Å². The van der Waals surface area contributed by atoms with Gasteiger partial charge in [-0.2, -0.15) is 0 Å². The second-order valence-corrected chi connectivity index (χ2v) is 6.41. The van der Waals surface area contributed by atoms with E-state index in [2.05, 4.69) is 28.2 Å². The molecule has 23 heavy (non-hydrogen) atoms. The molecule has 2 amide bonds. The number of hydrogen-bond donors (Lipinski definition) is 1. The van der Waals surface area contributed by atoms with Crippen molar-refractivity contribution in [2.75, 3.05) is 10.2 Å². The third kappa shape index (κ3) is 3.29. The van der Waals surface area contributed by atoms with E-state index >= 15 is 0 Å². The van der Waals surface area contributed by atoms with E-state index in [0.29, 0.717) is 5.69 Å². The molecule has 0 radical (unpaired) electrons. The van der Waals surface area contributed by atoms with E-state index in [-0.39, 0.29) is 18.2 Å². The van der Waals surface area contributed by atoms with Gasteiger partial charge >= 0.3 is 0 Å². The third-order valence-electron chi connectivity index (χ3n) is 3.93. The lowest BCUT2D eigenvalue weighted by Gasteiger charge is -2.16. The van der Waals surface area contributed by atoms with Crippen LogP contribution in [0, 0.1) is 0 Å². The number of nitrogens with one attached hydrogen (secondary N) is 1. The van der Waals surface area contributed by atoms with Gasteiger partial charge in [-0.15, -0.1) is 0 Å². The molecule has 1 heterocycles. The van der Waals surface area contributed by atoms with E-state index in [9.17, 15) is 9.59 Å². The Hall–Kier alpha value is -2.14. The van der Waals surface area contributed by atoms with E-state index in [4.69, 9.17) is 0 Å². The molecular formula is C18H17BrN2O2. The lowest BCUT2D eigenvalue weighted by molar-refractivity contribution is -0.121. The zero-order valence-corrected chi connectivity index (χ0v) is 14.3. The van der Waals surface area contributed by atoms with Crippen molar-refractivity contribution in [1.29, 1.82) is 0 Å².